The molecule has 0 unspecified atom stereocenters. The van der Waals surface area contributed by atoms with Crippen molar-refractivity contribution in [2.24, 2.45) is 16.9 Å². The molecular weight excluding hydrogens is 542 g/mol. The molecule has 4 rings (SSSR count). The van der Waals surface area contributed by atoms with Gasteiger partial charge < -0.3 is 16.8 Å². The maximum atomic E-state index is 13.3. The number of aromatic nitrogens is 2. The first-order chi connectivity index (χ1) is 15.8. The number of carbonyl (C=O) groups is 2. The first-order valence-corrected chi connectivity index (χ1v) is 12.7. The van der Waals surface area contributed by atoms with Gasteiger partial charge in [0.2, 0.25) is 11.8 Å². The minimum atomic E-state index is -10.1. The number of benzene rings is 1. The molecule has 8 nitrogen and oxygen atoms in total. The van der Waals surface area contributed by atoms with Gasteiger partial charge in [-0.25, -0.2) is 4.68 Å². The molecule has 16 heteroatoms. The van der Waals surface area contributed by atoms with E-state index in [1.54, 1.807) is 6.07 Å². The molecule has 2 saturated carbocycles. The second-order valence-corrected chi connectivity index (χ2v) is 12.0. The third-order valence-electron chi connectivity index (χ3n) is 6.31. The van der Waals surface area contributed by atoms with Crippen molar-refractivity contribution in [3.8, 4) is 11.8 Å². The fraction of sp³-hybridized carbons (Fsp3) is 0.368. The number of primary amides is 2. The van der Waals surface area contributed by atoms with Gasteiger partial charge in [0.1, 0.15) is 22.5 Å². The van der Waals surface area contributed by atoms with E-state index in [0.29, 0.717) is 12.8 Å². The number of hydrogen-bond acceptors (Lipinski definition) is 5. The van der Waals surface area contributed by atoms with Gasteiger partial charge in [0.25, 0.3) is 0 Å². The van der Waals surface area contributed by atoms with E-state index in [2.05, 4.69) is 10.4 Å². The van der Waals surface area contributed by atoms with Gasteiger partial charge in [0.15, 0.2) is 5.69 Å². The highest BCUT2D eigenvalue weighted by Crippen LogP contribution is 3.02. The van der Waals surface area contributed by atoms with Crippen molar-refractivity contribution in [3.05, 3.63) is 33.4 Å². The molecule has 1 heterocycles. The van der Waals surface area contributed by atoms with Crippen LogP contribution < -0.4 is 16.8 Å². The molecule has 0 radical (unpaired) electrons. The summed E-state index contributed by atoms with van der Waals surface area (Å²) in [5.74, 6) is -1.47. The summed E-state index contributed by atoms with van der Waals surface area (Å²) in [5.41, 5.74) is 8.05. The third-order valence-corrected chi connectivity index (χ3v) is 8.01. The van der Waals surface area contributed by atoms with Gasteiger partial charge in [-0.3, -0.25) is 9.59 Å². The van der Waals surface area contributed by atoms with Crippen molar-refractivity contribution in [2.45, 2.75) is 36.0 Å². The molecule has 1 aromatic heterocycles. The average molecular weight is 559 g/mol. The lowest BCUT2D eigenvalue weighted by molar-refractivity contribution is -0.122. The van der Waals surface area contributed by atoms with Crippen LogP contribution in [0.4, 0.5) is 25.2 Å². The molecule has 2 aliphatic rings. The Kier molecular flexibility index (Phi) is 5.01. The molecule has 2 amide bonds. The van der Waals surface area contributed by atoms with Crippen molar-refractivity contribution in [1.29, 1.82) is 5.26 Å². The van der Waals surface area contributed by atoms with E-state index in [1.807, 2.05) is 0 Å². The van der Waals surface area contributed by atoms with Gasteiger partial charge in [-0.05, 0) is 37.8 Å². The Balaban J connectivity index is 1.94. The first kappa shape index (κ1) is 25.3. The number of nitriles is 1. The molecular formula is C19H17Cl2F5N6O2S. The quantitative estimate of drug-likeness (QED) is 0.395. The first-order valence-electron chi connectivity index (χ1n) is 9.96. The van der Waals surface area contributed by atoms with E-state index in [4.69, 9.17) is 34.7 Å². The minimum absolute atomic E-state index is 0.00821. The van der Waals surface area contributed by atoms with Crippen LogP contribution in [0.25, 0.3) is 5.69 Å². The van der Waals surface area contributed by atoms with E-state index in [1.165, 1.54) is 0 Å². The van der Waals surface area contributed by atoms with Gasteiger partial charge in [0, 0.05) is 12.1 Å². The summed E-state index contributed by atoms with van der Waals surface area (Å²) in [7, 11) is -10.1. The minimum Gasteiger partial charge on any atom is -0.369 e. The number of rotatable bonds is 8. The van der Waals surface area contributed by atoms with Gasteiger partial charge in [-0.2, -0.15) is 10.4 Å². The summed E-state index contributed by atoms with van der Waals surface area (Å²) in [6, 6.07) is 1.81. The molecule has 2 aromatic rings. The monoisotopic (exact) mass is 558 g/mol. The van der Waals surface area contributed by atoms with Gasteiger partial charge >= 0.3 is 10.2 Å². The molecule has 0 bridgehead atoms. The van der Waals surface area contributed by atoms with Crippen molar-refractivity contribution in [1.82, 2.24) is 9.78 Å². The van der Waals surface area contributed by atoms with Crippen LogP contribution in [0.5, 0.6) is 0 Å². The van der Waals surface area contributed by atoms with E-state index >= 15 is 0 Å². The maximum absolute atomic E-state index is 13.3. The Morgan fingerprint density at radius 3 is 2.00 bits per heavy atom. The lowest BCUT2D eigenvalue weighted by atomic mass is 9.94. The fourth-order valence-electron chi connectivity index (χ4n) is 3.90. The lowest BCUT2D eigenvalue weighted by Gasteiger charge is -2.40. The number of nitrogens with zero attached hydrogens (tertiary/aromatic N) is 3. The predicted molar refractivity (Wildman–Crippen MR) is 119 cm³/mol. The normalized spacial score (nSPS) is 19.7. The molecule has 0 atom stereocenters. The molecule has 1 aromatic carbocycles. The number of hydrogen-bond donors (Lipinski definition) is 3. The Morgan fingerprint density at radius 2 is 1.63 bits per heavy atom. The number of anilines is 1. The van der Waals surface area contributed by atoms with Gasteiger partial charge in [-0.1, -0.05) is 42.6 Å². The number of nitrogens with one attached hydrogen (secondary N) is 1. The van der Waals surface area contributed by atoms with Crippen LogP contribution in [0.3, 0.4) is 0 Å². The molecule has 0 aliphatic heterocycles. The van der Waals surface area contributed by atoms with E-state index < -0.39 is 53.5 Å². The molecule has 0 saturated heterocycles. The molecule has 5 N–H and O–H groups in total. The summed E-state index contributed by atoms with van der Waals surface area (Å²) in [5, 5.41) is 14.9. The largest absolute Gasteiger partial charge is 0.369 e. The number of nitrogens with two attached hydrogens (primary N) is 2. The van der Waals surface area contributed by atoms with Crippen molar-refractivity contribution in [2.75, 3.05) is 11.9 Å². The van der Waals surface area contributed by atoms with Crippen LogP contribution in [0, 0.1) is 16.7 Å². The Labute approximate surface area is 205 Å². The zero-order valence-corrected chi connectivity index (χ0v) is 19.9. The average Bonchev–Trinajstić information content (AvgIpc) is 3.62. The maximum Gasteiger partial charge on any atom is 0.310 e. The number of carbonyl (C=O) groups excluding carboxylic acids is 2. The summed E-state index contributed by atoms with van der Waals surface area (Å²) in [4.78, 5) is 21.8. The van der Waals surface area contributed by atoms with Crippen molar-refractivity contribution in [3.63, 3.8) is 0 Å². The number of amides is 2. The molecule has 2 fully saturated rings. The molecule has 35 heavy (non-hydrogen) atoms. The van der Waals surface area contributed by atoms with E-state index in [9.17, 15) is 34.3 Å². The Bertz CT molecular complexity index is 1320. The summed E-state index contributed by atoms with van der Waals surface area (Å²) in [6.07, 6.45) is 1.40. The van der Waals surface area contributed by atoms with E-state index in [0.717, 1.165) is 4.68 Å². The Morgan fingerprint density at radius 1 is 1.09 bits per heavy atom. The fourth-order valence-corrected chi connectivity index (χ4v) is 5.36. The highest BCUT2D eigenvalue weighted by atomic mass is 35.5. The van der Waals surface area contributed by atoms with Crippen LogP contribution in [-0.4, -0.2) is 28.1 Å². The van der Waals surface area contributed by atoms with E-state index in [-0.39, 0.29) is 48.6 Å². The third kappa shape index (κ3) is 4.25. The predicted octanol–water partition coefficient (Wildman–Crippen LogP) is 4.90. The lowest BCUT2D eigenvalue weighted by Crippen LogP contribution is -2.33. The highest BCUT2D eigenvalue weighted by molar-refractivity contribution is 8.45. The van der Waals surface area contributed by atoms with Crippen molar-refractivity contribution < 1.29 is 29.0 Å². The highest BCUT2D eigenvalue weighted by Gasteiger charge is 2.66. The smallest absolute Gasteiger partial charge is 0.310 e. The van der Waals surface area contributed by atoms with Crippen LogP contribution in [0.2, 0.25) is 10.0 Å². The van der Waals surface area contributed by atoms with Gasteiger partial charge in [0.05, 0.1) is 20.9 Å². The second-order valence-electron chi connectivity index (χ2n) is 8.74. The molecule has 0 spiro atoms. The van der Waals surface area contributed by atoms with Crippen LogP contribution >= 0.6 is 33.4 Å². The second kappa shape index (κ2) is 6.92. The SMILES string of the molecule is N#Cc1nn(-c2c(Cl)cc(S(F)(F)(F)(F)F)cc2Cl)c(NCC2(C(N)=O)CC2)c1C1(C(N)=O)CC1. The van der Waals surface area contributed by atoms with Crippen LogP contribution in [0.15, 0.2) is 17.0 Å². The zero-order valence-electron chi connectivity index (χ0n) is 17.6. The summed E-state index contributed by atoms with van der Waals surface area (Å²) < 4.78 is 67.6. The van der Waals surface area contributed by atoms with Crippen molar-refractivity contribution >= 4 is 51.1 Å². The molecule has 190 valence electrons. The Hall–Kier alpha value is -2.76. The summed E-state index contributed by atoms with van der Waals surface area (Å²) >= 11 is 12.0. The standard InChI is InChI=1S/C19H17Cl2F5N6O2S/c20-10-5-9(35(22,23,24,25)26)6-11(21)14(10)32-15(30-8-18(1-2-18)16(28)33)13(12(7-27)31-32)19(3-4-19)17(29)34/h5-6,30H,1-4,8H2,(H2,28,33)(H2,29,34). The number of halogens is 7. The van der Waals surface area contributed by atoms with Crippen LogP contribution in [-0.2, 0) is 15.0 Å². The van der Waals surface area contributed by atoms with Crippen LogP contribution in [0.1, 0.15) is 36.9 Å². The topological polar surface area (TPSA) is 140 Å². The molecule has 2 aliphatic carbocycles. The summed E-state index contributed by atoms with van der Waals surface area (Å²) in [6.45, 7) is -0.0699. The van der Waals surface area contributed by atoms with Gasteiger partial charge in [-0.15, -0.1) is 0 Å². The zero-order chi connectivity index (χ0) is 26.3.